The second-order valence-corrected chi connectivity index (χ2v) is 3.34. The average molecular weight is 182 g/mol. The third kappa shape index (κ3) is 2.56. The molecule has 0 amide bonds. The molecule has 0 unspecified atom stereocenters. The molecule has 0 saturated carbocycles. The van der Waals surface area contributed by atoms with Gasteiger partial charge in [0.05, 0.1) is 0 Å². The summed E-state index contributed by atoms with van der Waals surface area (Å²) in [5.41, 5.74) is 0. The van der Waals surface area contributed by atoms with Crippen molar-refractivity contribution in [1.82, 2.24) is 9.55 Å². The number of aliphatic hydroxyl groups is 1. The van der Waals surface area contributed by atoms with Gasteiger partial charge in [-0.3, -0.25) is 0 Å². The highest BCUT2D eigenvalue weighted by Gasteiger charge is 2.07. The normalized spacial score (nSPS) is 11.1. The first-order valence-corrected chi connectivity index (χ1v) is 4.92. The molecule has 0 saturated heterocycles. The molecule has 3 heteroatoms. The molecular weight excluding hydrogens is 164 g/mol. The maximum atomic E-state index is 8.98. The van der Waals surface area contributed by atoms with Crippen molar-refractivity contribution in [2.75, 3.05) is 0 Å². The lowest BCUT2D eigenvalue weighted by atomic mass is 10.0. The van der Waals surface area contributed by atoms with Gasteiger partial charge in [0, 0.05) is 18.9 Å². The van der Waals surface area contributed by atoms with E-state index in [0.29, 0.717) is 5.92 Å². The fraction of sp³-hybridized carbons (Fsp3) is 0.700. The lowest BCUT2D eigenvalue weighted by Crippen LogP contribution is -2.11. The second kappa shape index (κ2) is 5.02. The molecule has 74 valence electrons. The van der Waals surface area contributed by atoms with E-state index in [-0.39, 0.29) is 6.61 Å². The van der Waals surface area contributed by atoms with Crippen LogP contribution in [0.15, 0.2) is 12.4 Å². The molecule has 0 aliphatic heterocycles. The van der Waals surface area contributed by atoms with Crippen LogP contribution in [0.2, 0.25) is 0 Å². The first kappa shape index (κ1) is 10.3. The standard InChI is InChI=1S/C10H18N2O/c1-3-9(4-2)7-12-6-5-11-10(12)8-13/h5-6,9,13H,3-4,7-8H2,1-2H3. The first-order valence-electron chi connectivity index (χ1n) is 4.92. The highest BCUT2D eigenvalue weighted by atomic mass is 16.3. The number of nitrogens with zero attached hydrogens (tertiary/aromatic N) is 2. The van der Waals surface area contributed by atoms with Crippen molar-refractivity contribution in [3.63, 3.8) is 0 Å². The van der Waals surface area contributed by atoms with Crippen LogP contribution in [0.3, 0.4) is 0 Å². The summed E-state index contributed by atoms with van der Waals surface area (Å²) in [7, 11) is 0. The molecule has 1 rings (SSSR count). The van der Waals surface area contributed by atoms with E-state index < -0.39 is 0 Å². The Bertz CT molecular complexity index is 241. The highest BCUT2D eigenvalue weighted by Crippen LogP contribution is 2.11. The Hall–Kier alpha value is -0.830. The molecular formula is C10H18N2O. The number of rotatable bonds is 5. The van der Waals surface area contributed by atoms with Crippen LogP contribution in [0.4, 0.5) is 0 Å². The Labute approximate surface area is 79.4 Å². The minimum absolute atomic E-state index is 0.0349. The Morgan fingerprint density at radius 1 is 1.46 bits per heavy atom. The largest absolute Gasteiger partial charge is 0.388 e. The summed E-state index contributed by atoms with van der Waals surface area (Å²) in [6.07, 6.45) is 6.04. The van der Waals surface area contributed by atoms with Gasteiger partial charge in [0.2, 0.25) is 0 Å². The number of hydrogen-bond donors (Lipinski definition) is 1. The van der Waals surface area contributed by atoms with Crippen LogP contribution < -0.4 is 0 Å². The maximum absolute atomic E-state index is 8.98. The first-order chi connectivity index (χ1) is 6.31. The van der Waals surface area contributed by atoms with Gasteiger partial charge in [0.15, 0.2) is 0 Å². The predicted molar refractivity (Wildman–Crippen MR) is 52.2 cm³/mol. The summed E-state index contributed by atoms with van der Waals surface area (Å²) in [4.78, 5) is 4.07. The molecule has 1 aromatic rings. The van der Waals surface area contributed by atoms with Gasteiger partial charge in [-0.2, -0.15) is 0 Å². The maximum Gasteiger partial charge on any atom is 0.134 e. The summed E-state index contributed by atoms with van der Waals surface area (Å²) in [5, 5.41) is 8.98. The minimum atomic E-state index is 0.0349. The van der Waals surface area contributed by atoms with Gasteiger partial charge < -0.3 is 9.67 Å². The summed E-state index contributed by atoms with van der Waals surface area (Å²) in [6, 6.07) is 0. The summed E-state index contributed by atoms with van der Waals surface area (Å²) < 4.78 is 2.04. The molecule has 0 aliphatic rings. The van der Waals surface area contributed by atoms with E-state index >= 15 is 0 Å². The Morgan fingerprint density at radius 2 is 2.15 bits per heavy atom. The lowest BCUT2D eigenvalue weighted by molar-refractivity contribution is 0.260. The van der Waals surface area contributed by atoms with Gasteiger partial charge in [-0.05, 0) is 5.92 Å². The van der Waals surface area contributed by atoms with Crippen LogP contribution >= 0.6 is 0 Å². The fourth-order valence-electron chi connectivity index (χ4n) is 1.48. The predicted octanol–water partition coefficient (Wildman–Crippen LogP) is 1.81. The molecule has 1 heterocycles. The second-order valence-electron chi connectivity index (χ2n) is 3.34. The third-order valence-corrected chi connectivity index (χ3v) is 2.55. The number of aromatic nitrogens is 2. The zero-order valence-electron chi connectivity index (χ0n) is 8.40. The topological polar surface area (TPSA) is 38.0 Å². The zero-order valence-corrected chi connectivity index (χ0v) is 8.40. The molecule has 0 radical (unpaired) electrons. The molecule has 3 nitrogen and oxygen atoms in total. The number of hydrogen-bond acceptors (Lipinski definition) is 2. The zero-order chi connectivity index (χ0) is 9.68. The number of imidazole rings is 1. The Kier molecular flexibility index (Phi) is 3.96. The van der Waals surface area contributed by atoms with E-state index in [1.165, 1.54) is 12.8 Å². The van der Waals surface area contributed by atoms with Crippen LogP contribution in [-0.4, -0.2) is 14.7 Å². The van der Waals surface area contributed by atoms with Crippen molar-refractivity contribution >= 4 is 0 Å². The molecule has 0 spiro atoms. The van der Waals surface area contributed by atoms with Gasteiger partial charge in [-0.1, -0.05) is 26.7 Å². The van der Waals surface area contributed by atoms with Gasteiger partial charge in [-0.25, -0.2) is 4.98 Å². The molecule has 1 aromatic heterocycles. The Balaban J connectivity index is 2.61. The van der Waals surface area contributed by atoms with Gasteiger partial charge in [-0.15, -0.1) is 0 Å². The Morgan fingerprint density at radius 3 is 2.69 bits per heavy atom. The van der Waals surface area contributed by atoms with Crippen molar-refractivity contribution in [3.05, 3.63) is 18.2 Å². The van der Waals surface area contributed by atoms with E-state index in [0.717, 1.165) is 12.4 Å². The van der Waals surface area contributed by atoms with Crippen molar-refractivity contribution in [3.8, 4) is 0 Å². The molecule has 0 aliphatic carbocycles. The van der Waals surface area contributed by atoms with Crippen LogP contribution in [0, 0.1) is 5.92 Å². The summed E-state index contributed by atoms with van der Waals surface area (Å²) >= 11 is 0. The van der Waals surface area contributed by atoms with Crippen molar-refractivity contribution in [2.45, 2.75) is 39.8 Å². The van der Waals surface area contributed by atoms with E-state index in [2.05, 4.69) is 18.8 Å². The third-order valence-electron chi connectivity index (χ3n) is 2.55. The lowest BCUT2D eigenvalue weighted by Gasteiger charge is -2.14. The number of aliphatic hydroxyl groups excluding tert-OH is 1. The SMILES string of the molecule is CCC(CC)Cn1ccnc1CO. The van der Waals surface area contributed by atoms with E-state index in [1.807, 2.05) is 10.8 Å². The minimum Gasteiger partial charge on any atom is -0.388 e. The highest BCUT2D eigenvalue weighted by molar-refractivity contribution is 4.90. The molecule has 0 bridgehead atoms. The quantitative estimate of drug-likeness (QED) is 0.754. The molecule has 0 atom stereocenters. The molecule has 0 fully saturated rings. The summed E-state index contributed by atoms with van der Waals surface area (Å²) in [5.74, 6) is 1.46. The molecule has 0 aromatic carbocycles. The van der Waals surface area contributed by atoms with Crippen LogP contribution in [-0.2, 0) is 13.2 Å². The van der Waals surface area contributed by atoms with Crippen molar-refractivity contribution < 1.29 is 5.11 Å². The van der Waals surface area contributed by atoms with Crippen molar-refractivity contribution in [1.29, 1.82) is 0 Å². The van der Waals surface area contributed by atoms with E-state index in [1.54, 1.807) is 6.20 Å². The van der Waals surface area contributed by atoms with E-state index in [4.69, 9.17) is 5.11 Å². The smallest absolute Gasteiger partial charge is 0.134 e. The average Bonchev–Trinajstić information content (AvgIpc) is 2.61. The van der Waals surface area contributed by atoms with E-state index in [9.17, 15) is 0 Å². The van der Waals surface area contributed by atoms with Crippen LogP contribution in [0.5, 0.6) is 0 Å². The molecule has 1 N–H and O–H groups in total. The van der Waals surface area contributed by atoms with Gasteiger partial charge >= 0.3 is 0 Å². The summed E-state index contributed by atoms with van der Waals surface area (Å²) in [6.45, 7) is 5.41. The van der Waals surface area contributed by atoms with Crippen LogP contribution in [0.25, 0.3) is 0 Å². The fourth-order valence-corrected chi connectivity index (χ4v) is 1.48. The molecule has 13 heavy (non-hydrogen) atoms. The van der Waals surface area contributed by atoms with Gasteiger partial charge in [0.25, 0.3) is 0 Å². The van der Waals surface area contributed by atoms with Crippen LogP contribution in [0.1, 0.15) is 32.5 Å². The van der Waals surface area contributed by atoms with Gasteiger partial charge in [0.1, 0.15) is 12.4 Å². The monoisotopic (exact) mass is 182 g/mol. The van der Waals surface area contributed by atoms with Crippen molar-refractivity contribution in [2.24, 2.45) is 5.92 Å².